The Balaban J connectivity index is 2.36. The summed E-state index contributed by atoms with van der Waals surface area (Å²) in [6, 6.07) is -0.0312. The largest absolute Gasteiger partial charge is 0.462 e. The van der Waals surface area contributed by atoms with Gasteiger partial charge in [0.25, 0.3) is 10.0 Å². The molecule has 0 unspecified atom stereocenters. The molecule has 0 atom stereocenters. The van der Waals surface area contributed by atoms with Gasteiger partial charge in [-0.05, 0) is 19.8 Å². The standard InChI is InChI=1S/C12H17N3O4S/c1-3-7-15(9-5-6-9)20(17,18)11-10(8-13-14-11)12(16)19-4-2/h3,8-9H,1,4-7H2,2H3,(H,13,14). The van der Waals surface area contributed by atoms with E-state index in [-0.39, 0.29) is 29.8 Å². The molecule has 1 heterocycles. The Hall–Kier alpha value is -1.67. The van der Waals surface area contributed by atoms with Gasteiger partial charge in [-0.2, -0.15) is 9.40 Å². The van der Waals surface area contributed by atoms with Crippen molar-refractivity contribution in [3.8, 4) is 0 Å². The van der Waals surface area contributed by atoms with Gasteiger partial charge in [-0.15, -0.1) is 6.58 Å². The number of nitrogens with zero attached hydrogens (tertiary/aromatic N) is 2. The van der Waals surface area contributed by atoms with Gasteiger partial charge in [0.05, 0.1) is 12.8 Å². The SMILES string of the molecule is C=CCN(C1CC1)S(=O)(=O)c1[nH]ncc1C(=O)OCC. The zero-order chi connectivity index (χ0) is 14.8. The quantitative estimate of drug-likeness (QED) is 0.597. The lowest BCUT2D eigenvalue weighted by Gasteiger charge is -2.19. The van der Waals surface area contributed by atoms with Crippen LogP contribution >= 0.6 is 0 Å². The van der Waals surface area contributed by atoms with Crippen molar-refractivity contribution < 1.29 is 17.9 Å². The third-order valence-electron chi connectivity index (χ3n) is 2.93. The number of aromatic nitrogens is 2. The van der Waals surface area contributed by atoms with Crippen LogP contribution in [0.15, 0.2) is 23.9 Å². The number of nitrogens with one attached hydrogen (secondary N) is 1. The van der Waals surface area contributed by atoms with Gasteiger partial charge in [0.2, 0.25) is 0 Å². The third-order valence-corrected chi connectivity index (χ3v) is 4.82. The summed E-state index contributed by atoms with van der Waals surface area (Å²) in [7, 11) is -3.81. The van der Waals surface area contributed by atoms with Gasteiger partial charge in [0, 0.05) is 12.6 Å². The molecule has 20 heavy (non-hydrogen) atoms. The molecule has 0 saturated heterocycles. The van der Waals surface area contributed by atoms with Gasteiger partial charge in [-0.3, -0.25) is 5.10 Å². The van der Waals surface area contributed by atoms with E-state index in [2.05, 4.69) is 16.8 Å². The summed E-state index contributed by atoms with van der Waals surface area (Å²) >= 11 is 0. The Morgan fingerprint density at radius 1 is 1.65 bits per heavy atom. The number of sulfonamides is 1. The zero-order valence-electron chi connectivity index (χ0n) is 11.2. The molecule has 1 aliphatic carbocycles. The van der Waals surface area contributed by atoms with E-state index < -0.39 is 16.0 Å². The lowest BCUT2D eigenvalue weighted by Crippen LogP contribution is -2.34. The summed E-state index contributed by atoms with van der Waals surface area (Å²) in [6.45, 7) is 5.59. The average molecular weight is 299 g/mol. The van der Waals surface area contributed by atoms with Crippen LogP contribution in [0.25, 0.3) is 0 Å². The fourth-order valence-electron chi connectivity index (χ4n) is 1.88. The monoisotopic (exact) mass is 299 g/mol. The maximum atomic E-state index is 12.6. The third kappa shape index (κ3) is 2.75. The number of carbonyl (C=O) groups excluding carboxylic acids is 1. The fourth-order valence-corrected chi connectivity index (χ4v) is 3.60. The zero-order valence-corrected chi connectivity index (χ0v) is 12.0. The van der Waals surface area contributed by atoms with Crippen LogP contribution in [0.1, 0.15) is 30.1 Å². The molecule has 0 aromatic carbocycles. The smallest absolute Gasteiger partial charge is 0.342 e. The van der Waals surface area contributed by atoms with Gasteiger partial charge >= 0.3 is 5.97 Å². The minimum absolute atomic E-state index is 0.0312. The van der Waals surface area contributed by atoms with Gasteiger partial charge in [-0.25, -0.2) is 13.2 Å². The number of ether oxygens (including phenoxy) is 1. The summed E-state index contributed by atoms with van der Waals surface area (Å²) < 4.78 is 31.4. The second-order valence-corrected chi connectivity index (χ2v) is 6.26. The van der Waals surface area contributed by atoms with Crippen LogP contribution in [0.3, 0.4) is 0 Å². The normalized spacial score (nSPS) is 15.3. The van der Waals surface area contributed by atoms with E-state index in [1.807, 2.05) is 0 Å². The van der Waals surface area contributed by atoms with Crippen LogP contribution in [-0.4, -0.2) is 48.1 Å². The molecule has 0 radical (unpaired) electrons. The van der Waals surface area contributed by atoms with Gasteiger partial charge in [-0.1, -0.05) is 6.08 Å². The first-order valence-corrected chi connectivity index (χ1v) is 7.79. The van der Waals surface area contributed by atoms with Crippen molar-refractivity contribution in [1.82, 2.24) is 14.5 Å². The molecular formula is C12H17N3O4S. The average Bonchev–Trinajstić information content (AvgIpc) is 3.10. The molecule has 1 fully saturated rings. The van der Waals surface area contributed by atoms with Crippen molar-refractivity contribution in [3.63, 3.8) is 0 Å². The van der Waals surface area contributed by atoms with Gasteiger partial charge in [0.15, 0.2) is 5.03 Å². The van der Waals surface area contributed by atoms with Crippen molar-refractivity contribution >= 4 is 16.0 Å². The number of hydrogen-bond acceptors (Lipinski definition) is 5. The van der Waals surface area contributed by atoms with Crippen LogP contribution < -0.4 is 0 Å². The van der Waals surface area contributed by atoms with Gasteiger partial charge < -0.3 is 4.74 Å². The van der Waals surface area contributed by atoms with Crippen molar-refractivity contribution in [3.05, 3.63) is 24.4 Å². The number of carbonyl (C=O) groups is 1. The molecule has 1 aliphatic rings. The summed E-state index contributed by atoms with van der Waals surface area (Å²) in [5.41, 5.74) is -0.0680. The van der Waals surface area contributed by atoms with Crippen LogP contribution in [0.5, 0.6) is 0 Å². The van der Waals surface area contributed by atoms with Gasteiger partial charge in [0.1, 0.15) is 5.56 Å². The molecule has 1 saturated carbocycles. The number of rotatable bonds is 7. The molecule has 1 aromatic rings. The van der Waals surface area contributed by atoms with Crippen molar-refractivity contribution in [1.29, 1.82) is 0 Å². The second kappa shape index (κ2) is 5.76. The van der Waals surface area contributed by atoms with E-state index in [0.29, 0.717) is 0 Å². The summed E-state index contributed by atoms with van der Waals surface area (Å²) in [4.78, 5) is 11.8. The Morgan fingerprint density at radius 2 is 2.35 bits per heavy atom. The lowest BCUT2D eigenvalue weighted by molar-refractivity contribution is 0.0521. The Morgan fingerprint density at radius 3 is 2.90 bits per heavy atom. The molecule has 2 rings (SSSR count). The minimum Gasteiger partial charge on any atom is -0.462 e. The molecule has 1 N–H and O–H groups in total. The molecule has 0 aliphatic heterocycles. The molecule has 0 bridgehead atoms. The van der Waals surface area contributed by atoms with Crippen molar-refractivity contribution in [2.45, 2.75) is 30.8 Å². The maximum absolute atomic E-state index is 12.6. The number of hydrogen-bond donors (Lipinski definition) is 1. The second-order valence-electron chi connectivity index (χ2n) is 4.43. The highest BCUT2D eigenvalue weighted by molar-refractivity contribution is 7.89. The van der Waals surface area contributed by atoms with Crippen molar-refractivity contribution in [2.24, 2.45) is 0 Å². The first-order valence-electron chi connectivity index (χ1n) is 6.35. The number of H-pyrrole nitrogens is 1. The molecule has 8 heteroatoms. The maximum Gasteiger partial charge on any atom is 0.342 e. The molecule has 1 aromatic heterocycles. The van der Waals surface area contributed by atoms with Crippen LogP contribution in [-0.2, 0) is 14.8 Å². The Kier molecular flexibility index (Phi) is 4.24. The van der Waals surface area contributed by atoms with Crippen LogP contribution in [0.2, 0.25) is 0 Å². The summed E-state index contributed by atoms with van der Waals surface area (Å²) in [5.74, 6) is -0.700. The van der Waals surface area contributed by atoms with E-state index in [4.69, 9.17) is 4.74 Å². The van der Waals surface area contributed by atoms with E-state index in [1.165, 1.54) is 16.6 Å². The first-order chi connectivity index (χ1) is 9.52. The molecule has 0 spiro atoms. The Bertz CT molecular complexity index is 604. The summed E-state index contributed by atoms with van der Waals surface area (Å²) in [6.07, 6.45) is 4.33. The minimum atomic E-state index is -3.81. The van der Waals surface area contributed by atoms with E-state index in [1.54, 1.807) is 6.92 Å². The van der Waals surface area contributed by atoms with Crippen LogP contribution in [0.4, 0.5) is 0 Å². The molecule has 110 valence electrons. The predicted molar refractivity (Wildman–Crippen MR) is 71.7 cm³/mol. The molecular weight excluding hydrogens is 282 g/mol. The Labute approximate surface area is 117 Å². The highest BCUT2D eigenvalue weighted by Gasteiger charge is 2.40. The fraction of sp³-hybridized carbons (Fsp3) is 0.500. The van der Waals surface area contributed by atoms with E-state index in [0.717, 1.165) is 12.8 Å². The molecule has 0 amide bonds. The van der Waals surface area contributed by atoms with Crippen molar-refractivity contribution in [2.75, 3.05) is 13.2 Å². The highest BCUT2D eigenvalue weighted by Crippen LogP contribution is 2.32. The van der Waals surface area contributed by atoms with E-state index in [9.17, 15) is 13.2 Å². The topological polar surface area (TPSA) is 92.4 Å². The molecule has 7 nitrogen and oxygen atoms in total. The summed E-state index contributed by atoms with van der Waals surface area (Å²) in [5, 5.41) is 5.83. The number of esters is 1. The van der Waals surface area contributed by atoms with E-state index >= 15 is 0 Å². The number of aromatic amines is 1. The first kappa shape index (κ1) is 14.7. The van der Waals surface area contributed by atoms with Crippen LogP contribution in [0, 0.1) is 0 Å². The lowest BCUT2D eigenvalue weighted by atomic mass is 10.4. The highest BCUT2D eigenvalue weighted by atomic mass is 32.2. The predicted octanol–water partition coefficient (Wildman–Crippen LogP) is 0.925.